The molecule has 2 aromatic rings. The van der Waals surface area contributed by atoms with E-state index in [4.69, 9.17) is 14.0 Å². The van der Waals surface area contributed by atoms with E-state index in [0.717, 1.165) is 29.3 Å². The van der Waals surface area contributed by atoms with Crippen molar-refractivity contribution < 1.29 is 14.0 Å². The predicted molar refractivity (Wildman–Crippen MR) is 77.9 cm³/mol. The van der Waals surface area contributed by atoms with Crippen molar-refractivity contribution in [3.63, 3.8) is 0 Å². The highest BCUT2D eigenvalue weighted by Crippen LogP contribution is 2.19. The number of benzene rings is 1. The van der Waals surface area contributed by atoms with Gasteiger partial charge in [-0.15, -0.1) is 0 Å². The van der Waals surface area contributed by atoms with Gasteiger partial charge in [0.1, 0.15) is 12.4 Å². The lowest BCUT2D eigenvalue weighted by atomic mass is 10.2. The number of hydrogen-bond donors (Lipinski definition) is 1. The number of ether oxygens (including phenoxy) is 2. The molecule has 0 aliphatic heterocycles. The Bertz CT molecular complexity index is 578. The lowest BCUT2D eigenvalue weighted by molar-refractivity contribution is 0.0882. The highest BCUT2D eigenvalue weighted by Gasteiger charge is 2.20. The fourth-order valence-electron chi connectivity index (χ4n) is 2.08. The first-order valence-corrected chi connectivity index (χ1v) is 7.22. The van der Waals surface area contributed by atoms with Gasteiger partial charge in [-0.3, -0.25) is 0 Å². The summed E-state index contributed by atoms with van der Waals surface area (Å²) in [5.74, 6) is 1.59. The lowest BCUT2D eigenvalue weighted by Crippen LogP contribution is -2.15. The molecule has 5 nitrogen and oxygen atoms in total. The Morgan fingerprint density at radius 2 is 2.19 bits per heavy atom. The molecular weight excluding hydrogens is 268 g/mol. The van der Waals surface area contributed by atoms with Crippen LogP contribution in [0.5, 0.6) is 5.75 Å². The highest BCUT2D eigenvalue weighted by atomic mass is 16.5. The maximum Gasteiger partial charge on any atom is 0.162 e. The second-order valence-electron chi connectivity index (χ2n) is 5.28. The van der Waals surface area contributed by atoms with Crippen molar-refractivity contribution >= 4 is 0 Å². The molecule has 0 bridgehead atoms. The molecule has 0 amide bonds. The van der Waals surface area contributed by atoms with E-state index >= 15 is 0 Å². The Kier molecular flexibility index (Phi) is 4.52. The summed E-state index contributed by atoms with van der Waals surface area (Å²) in [6.45, 7) is 1.71. The van der Waals surface area contributed by atoms with Gasteiger partial charge in [0.2, 0.25) is 0 Å². The number of methoxy groups -OCH3 is 1. The zero-order chi connectivity index (χ0) is 14.5. The summed E-state index contributed by atoms with van der Waals surface area (Å²) >= 11 is 0. The van der Waals surface area contributed by atoms with Crippen LogP contribution in [-0.2, 0) is 24.5 Å². The normalized spacial score (nSPS) is 14.3. The van der Waals surface area contributed by atoms with E-state index in [2.05, 4.69) is 10.5 Å². The van der Waals surface area contributed by atoms with Crippen molar-refractivity contribution in [3.8, 4) is 5.75 Å². The molecule has 0 radical (unpaired) electrons. The summed E-state index contributed by atoms with van der Waals surface area (Å²) in [7, 11) is 1.66. The van der Waals surface area contributed by atoms with Gasteiger partial charge in [0.25, 0.3) is 0 Å². The summed E-state index contributed by atoms with van der Waals surface area (Å²) in [6, 6.07) is 10.5. The van der Waals surface area contributed by atoms with E-state index in [1.165, 1.54) is 12.8 Å². The minimum atomic E-state index is 0.424. The Balaban J connectivity index is 1.43. The van der Waals surface area contributed by atoms with Gasteiger partial charge in [-0.25, -0.2) is 0 Å². The van der Waals surface area contributed by atoms with Gasteiger partial charge in [0, 0.05) is 18.7 Å². The van der Waals surface area contributed by atoms with Crippen molar-refractivity contribution in [3.05, 3.63) is 47.3 Å². The number of nitrogens with zero attached hydrogens (tertiary/aromatic N) is 1. The van der Waals surface area contributed by atoms with Crippen molar-refractivity contribution in [1.82, 2.24) is 10.5 Å². The van der Waals surface area contributed by atoms with Crippen LogP contribution in [0.15, 0.2) is 34.9 Å². The van der Waals surface area contributed by atoms with Gasteiger partial charge in [-0.1, -0.05) is 17.3 Å². The first-order chi connectivity index (χ1) is 10.3. The number of nitrogens with one attached hydrogen (secondary N) is 1. The van der Waals surface area contributed by atoms with Crippen LogP contribution in [0.3, 0.4) is 0 Å². The fourth-order valence-corrected chi connectivity index (χ4v) is 2.08. The number of rotatable bonds is 8. The van der Waals surface area contributed by atoms with Crippen LogP contribution in [0, 0.1) is 0 Å². The van der Waals surface area contributed by atoms with E-state index in [0.29, 0.717) is 19.3 Å². The average Bonchev–Trinajstić information content (AvgIpc) is 3.24. The highest BCUT2D eigenvalue weighted by molar-refractivity contribution is 5.27. The summed E-state index contributed by atoms with van der Waals surface area (Å²) in [5.41, 5.74) is 2.01. The molecule has 112 valence electrons. The maximum atomic E-state index is 5.65. The quantitative estimate of drug-likeness (QED) is 0.809. The van der Waals surface area contributed by atoms with Crippen molar-refractivity contribution in [2.24, 2.45) is 0 Å². The second-order valence-corrected chi connectivity index (χ2v) is 5.28. The Hall–Kier alpha value is -1.85. The van der Waals surface area contributed by atoms with E-state index < -0.39 is 0 Å². The smallest absolute Gasteiger partial charge is 0.162 e. The van der Waals surface area contributed by atoms with Crippen molar-refractivity contribution in [1.29, 1.82) is 0 Å². The summed E-state index contributed by atoms with van der Waals surface area (Å²) in [6.07, 6.45) is 2.54. The molecule has 0 atom stereocenters. The Morgan fingerprint density at radius 1 is 1.29 bits per heavy atom. The molecule has 1 aromatic carbocycles. The molecule has 0 saturated heterocycles. The van der Waals surface area contributed by atoms with Crippen LogP contribution in [0.1, 0.15) is 29.9 Å². The van der Waals surface area contributed by atoms with Gasteiger partial charge in [-0.05, 0) is 30.5 Å². The number of hydrogen-bond acceptors (Lipinski definition) is 5. The Labute approximate surface area is 124 Å². The van der Waals surface area contributed by atoms with Crippen LogP contribution >= 0.6 is 0 Å². The first kappa shape index (κ1) is 14.1. The molecule has 0 unspecified atom stereocenters. The third kappa shape index (κ3) is 4.31. The monoisotopic (exact) mass is 288 g/mol. The molecule has 5 heteroatoms. The molecule has 1 fully saturated rings. The zero-order valence-electron chi connectivity index (χ0n) is 12.2. The minimum absolute atomic E-state index is 0.424. The molecule has 21 heavy (non-hydrogen) atoms. The van der Waals surface area contributed by atoms with Gasteiger partial charge >= 0.3 is 0 Å². The molecule has 1 heterocycles. The van der Waals surface area contributed by atoms with Crippen LogP contribution in [0.2, 0.25) is 0 Å². The van der Waals surface area contributed by atoms with Gasteiger partial charge in [0.15, 0.2) is 5.76 Å². The largest absolute Gasteiger partial charge is 0.497 e. The van der Waals surface area contributed by atoms with E-state index in [1.807, 2.05) is 30.3 Å². The average molecular weight is 288 g/mol. The summed E-state index contributed by atoms with van der Waals surface area (Å²) in [5, 5.41) is 7.44. The van der Waals surface area contributed by atoms with Gasteiger partial charge < -0.3 is 19.3 Å². The molecule has 1 aliphatic carbocycles. The minimum Gasteiger partial charge on any atom is -0.497 e. The topological polar surface area (TPSA) is 56.5 Å². The van der Waals surface area contributed by atoms with Gasteiger partial charge in [-0.2, -0.15) is 0 Å². The van der Waals surface area contributed by atoms with Gasteiger partial charge in [0.05, 0.1) is 19.4 Å². The molecule has 0 spiro atoms. The van der Waals surface area contributed by atoms with Crippen LogP contribution < -0.4 is 10.1 Å². The fraction of sp³-hybridized carbons (Fsp3) is 0.438. The molecule has 1 saturated carbocycles. The van der Waals surface area contributed by atoms with Crippen molar-refractivity contribution in [2.75, 3.05) is 7.11 Å². The Morgan fingerprint density at radius 3 is 3.00 bits per heavy atom. The van der Waals surface area contributed by atoms with Crippen LogP contribution in [0.4, 0.5) is 0 Å². The summed E-state index contributed by atoms with van der Waals surface area (Å²) < 4.78 is 16.1. The third-order valence-corrected chi connectivity index (χ3v) is 3.40. The van der Waals surface area contributed by atoms with Crippen molar-refractivity contribution in [2.45, 2.75) is 38.6 Å². The predicted octanol–water partition coefficient (Wildman–Crippen LogP) is 2.65. The molecule has 1 aliphatic rings. The van der Waals surface area contributed by atoms with Crippen LogP contribution in [-0.4, -0.2) is 18.3 Å². The second kappa shape index (κ2) is 6.74. The standard InChI is InChI=1S/C16H20N2O3/c1-19-15-4-2-3-12(7-15)10-20-11-16-8-14(18-21-16)9-17-13-5-6-13/h2-4,7-8,13,17H,5-6,9-11H2,1H3. The molecular formula is C16H20N2O3. The van der Waals surface area contributed by atoms with Crippen LogP contribution in [0.25, 0.3) is 0 Å². The zero-order valence-corrected chi connectivity index (χ0v) is 12.2. The lowest BCUT2D eigenvalue weighted by Gasteiger charge is -2.04. The molecule has 1 N–H and O–H groups in total. The first-order valence-electron chi connectivity index (χ1n) is 7.22. The third-order valence-electron chi connectivity index (χ3n) is 3.40. The van der Waals surface area contributed by atoms with E-state index in [1.54, 1.807) is 7.11 Å². The van der Waals surface area contributed by atoms with E-state index in [-0.39, 0.29) is 0 Å². The SMILES string of the molecule is COc1cccc(COCc2cc(CNC3CC3)no2)c1. The molecule has 3 rings (SSSR count). The van der Waals surface area contributed by atoms with E-state index in [9.17, 15) is 0 Å². The number of aromatic nitrogens is 1. The maximum absolute atomic E-state index is 5.65. The molecule has 1 aromatic heterocycles. The summed E-state index contributed by atoms with van der Waals surface area (Å²) in [4.78, 5) is 0.